The average molecular weight is 335 g/mol. The van der Waals surface area contributed by atoms with E-state index in [4.69, 9.17) is 4.74 Å². The van der Waals surface area contributed by atoms with Crippen molar-refractivity contribution in [3.05, 3.63) is 24.0 Å². The van der Waals surface area contributed by atoms with Crippen molar-refractivity contribution in [2.75, 3.05) is 20.7 Å². The van der Waals surface area contributed by atoms with E-state index in [1.54, 1.807) is 31.5 Å². The molecule has 1 saturated carbocycles. The molecule has 1 aromatic rings. The van der Waals surface area contributed by atoms with Gasteiger partial charge in [0.05, 0.1) is 31.5 Å². The van der Waals surface area contributed by atoms with Crippen molar-refractivity contribution in [2.24, 2.45) is 0 Å². The van der Waals surface area contributed by atoms with E-state index in [0.29, 0.717) is 12.3 Å². The number of ether oxygens (including phenoxy) is 1. The van der Waals surface area contributed by atoms with Crippen molar-refractivity contribution in [2.45, 2.75) is 57.1 Å². The topological polar surface area (TPSA) is 74.7 Å². The molecule has 6 heteroatoms. The summed E-state index contributed by atoms with van der Waals surface area (Å²) in [6.45, 7) is 2.27. The molecular weight excluding hydrogens is 306 g/mol. The van der Waals surface area contributed by atoms with Crippen LogP contribution in [0, 0.1) is 0 Å². The fourth-order valence-corrected chi connectivity index (χ4v) is 3.35. The summed E-state index contributed by atoms with van der Waals surface area (Å²) < 4.78 is 5.29. The van der Waals surface area contributed by atoms with Gasteiger partial charge in [0.2, 0.25) is 0 Å². The highest BCUT2D eigenvalue weighted by molar-refractivity contribution is 5.74. The van der Waals surface area contributed by atoms with Crippen molar-refractivity contribution >= 4 is 6.03 Å². The lowest BCUT2D eigenvalue weighted by atomic mass is 9.94. The summed E-state index contributed by atoms with van der Waals surface area (Å²) in [6, 6.07) is 1.43. The fraction of sp³-hybridized carbons (Fsp3) is 0.667. The summed E-state index contributed by atoms with van der Waals surface area (Å²) in [5.74, 6) is 0.648. The van der Waals surface area contributed by atoms with Crippen LogP contribution in [0.25, 0.3) is 0 Å². The second kappa shape index (κ2) is 8.33. The zero-order chi connectivity index (χ0) is 17.6. The summed E-state index contributed by atoms with van der Waals surface area (Å²) in [5, 5.41) is 13.7. The van der Waals surface area contributed by atoms with E-state index >= 15 is 0 Å². The molecule has 1 aliphatic carbocycles. The predicted octanol–water partition coefficient (Wildman–Crippen LogP) is 2.88. The van der Waals surface area contributed by atoms with Crippen LogP contribution in [-0.4, -0.2) is 47.3 Å². The molecule has 1 aliphatic rings. The third-order valence-electron chi connectivity index (χ3n) is 4.76. The molecule has 0 aliphatic heterocycles. The van der Waals surface area contributed by atoms with Gasteiger partial charge < -0.3 is 20.1 Å². The van der Waals surface area contributed by atoms with Crippen LogP contribution in [0.2, 0.25) is 0 Å². The molecule has 2 amide bonds. The zero-order valence-electron chi connectivity index (χ0n) is 14.9. The molecule has 2 rings (SSSR count). The number of pyridine rings is 1. The molecule has 0 radical (unpaired) electrons. The van der Waals surface area contributed by atoms with Gasteiger partial charge in [0.15, 0.2) is 0 Å². The molecule has 1 heterocycles. The Bertz CT molecular complexity index is 542. The first-order valence-electron chi connectivity index (χ1n) is 8.67. The first kappa shape index (κ1) is 18.5. The van der Waals surface area contributed by atoms with Crippen LogP contribution >= 0.6 is 0 Å². The highest BCUT2D eigenvalue weighted by atomic mass is 16.5. The second-order valence-corrected chi connectivity index (χ2v) is 6.78. The third kappa shape index (κ3) is 4.84. The number of nitrogens with zero attached hydrogens (tertiary/aromatic N) is 2. The molecule has 1 aromatic heterocycles. The quantitative estimate of drug-likeness (QED) is 0.812. The summed E-state index contributed by atoms with van der Waals surface area (Å²) in [6.07, 6.45) is 9.21. The minimum Gasteiger partial charge on any atom is -0.495 e. The molecule has 134 valence electrons. The van der Waals surface area contributed by atoms with Gasteiger partial charge in [-0.1, -0.05) is 25.7 Å². The maximum atomic E-state index is 12.5. The number of rotatable bonds is 5. The van der Waals surface area contributed by atoms with E-state index in [1.165, 1.54) is 0 Å². The van der Waals surface area contributed by atoms with Gasteiger partial charge in [-0.25, -0.2) is 4.79 Å². The lowest BCUT2D eigenvalue weighted by molar-refractivity contribution is 0.00443. The number of amides is 2. The van der Waals surface area contributed by atoms with E-state index in [1.807, 2.05) is 13.0 Å². The minimum absolute atomic E-state index is 0.195. The van der Waals surface area contributed by atoms with Crippen LogP contribution in [0.5, 0.6) is 5.75 Å². The van der Waals surface area contributed by atoms with Gasteiger partial charge in [0.25, 0.3) is 0 Å². The van der Waals surface area contributed by atoms with Gasteiger partial charge in [0, 0.05) is 18.8 Å². The predicted molar refractivity (Wildman–Crippen MR) is 93.0 cm³/mol. The molecule has 0 spiro atoms. The van der Waals surface area contributed by atoms with Crippen molar-refractivity contribution in [3.63, 3.8) is 0 Å². The van der Waals surface area contributed by atoms with Crippen LogP contribution in [-0.2, 0) is 0 Å². The van der Waals surface area contributed by atoms with E-state index in [9.17, 15) is 9.90 Å². The highest BCUT2D eigenvalue weighted by Gasteiger charge is 2.31. The van der Waals surface area contributed by atoms with Crippen LogP contribution in [0.15, 0.2) is 18.5 Å². The maximum absolute atomic E-state index is 12.5. The minimum atomic E-state index is -0.764. The van der Waals surface area contributed by atoms with Gasteiger partial charge in [-0.15, -0.1) is 0 Å². The van der Waals surface area contributed by atoms with Crippen LogP contribution in [0.4, 0.5) is 4.79 Å². The molecule has 0 aromatic carbocycles. The summed E-state index contributed by atoms with van der Waals surface area (Å²) in [4.78, 5) is 18.1. The van der Waals surface area contributed by atoms with E-state index in [-0.39, 0.29) is 12.1 Å². The molecule has 0 saturated heterocycles. The lowest BCUT2D eigenvalue weighted by Gasteiger charge is -2.32. The molecule has 1 atom stereocenters. The number of nitrogens with one attached hydrogen (secondary N) is 1. The summed E-state index contributed by atoms with van der Waals surface area (Å²) >= 11 is 0. The van der Waals surface area contributed by atoms with Crippen molar-refractivity contribution in [1.29, 1.82) is 0 Å². The highest BCUT2D eigenvalue weighted by Crippen LogP contribution is 2.28. The Morgan fingerprint density at radius 3 is 2.71 bits per heavy atom. The number of carbonyl (C=O) groups excluding carboxylic acids is 1. The van der Waals surface area contributed by atoms with E-state index < -0.39 is 5.60 Å². The van der Waals surface area contributed by atoms with E-state index in [0.717, 1.165) is 44.1 Å². The van der Waals surface area contributed by atoms with Gasteiger partial charge in [0.1, 0.15) is 5.75 Å². The van der Waals surface area contributed by atoms with Crippen LogP contribution in [0.3, 0.4) is 0 Å². The molecular formula is C18H29N3O3. The Labute approximate surface area is 144 Å². The number of hydrogen-bond donors (Lipinski definition) is 2. The number of hydrogen-bond acceptors (Lipinski definition) is 4. The standard InChI is InChI=1S/C18H29N3O3/c1-14(15-8-11-19-12-16(15)24-3)20-17(22)21(2)13-18(23)9-6-4-5-7-10-18/h8,11-12,14,23H,4-7,9-10,13H2,1-3H3,(H,20,22)/t14-/m1/s1. The molecule has 2 N–H and O–H groups in total. The third-order valence-corrected chi connectivity index (χ3v) is 4.76. The Morgan fingerprint density at radius 1 is 1.42 bits per heavy atom. The smallest absolute Gasteiger partial charge is 0.317 e. The van der Waals surface area contributed by atoms with Crippen molar-refractivity contribution < 1.29 is 14.6 Å². The zero-order valence-corrected chi connectivity index (χ0v) is 14.9. The largest absolute Gasteiger partial charge is 0.495 e. The molecule has 6 nitrogen and oxygen atoms in total. The van der Waals surface area contributed by atoms with Gasteiger partial charge in [-0.2, -0.15) is 0 Å². The Balaban J connectivity index is 1.95. The van der Waals surface area contributed by atoms with Gasteiger partial charge >= 0.3 is 6.03 Å². The number of aromatic nitrogens is 1. The molecule has 1 fully saturated rings. The first-order valence-corrected chi connectivity index (χ1v) is 8.67. The number of likely N-dealkylation sites (N-methyl/N-ethyl adjacent to an activating group) is 1. The van der Waals surface area contributed by atoms with Gasteiger partial charge in [-0.3, -0.25) is 4.98 Å². The molecule has 24 heavy (non-hydrogen) atoms. The van der Waals surface area contributed by atoms with E-state index in [2.05, 4.69) is 10.3 Å². The molecule has 0 bridgehead atoms. The van der Waals surface area contributed by atoms with Crippen LogP contribution in [0.1, 0.15) is 57.1 Å². The maximum Gasteiger partial charge on any atom is 0.317 e. The Morgan fingerprint density at radius 2 is 2.08 bits per heavy atom. The monoisotopic (exact) mass is 335 g/mol. The second-order valence-electron chi connectivity index (χ2n) is 6.78. The SMILES string of the molecule is COc1cnccc1[C@@H](C)NC(=O)N(C)CC1(O)CCCCCC1. The van der Waals surface area contributed by atoms with Crippen LogP contribution < -0.4 is 10.1 Å². The Hall–Kier alpha value is -1.82. The fourth-order valence-electron chi connectivity index (χ4n) is 3.35. The van der Waals surface area contributed by atoms with Crippen molar-refractivity contribution in [3.8, 4) is 5.75 Å². The summed E-state index contributed by atoms with van der Waals surface area (Å²) in [7, 11) is 3.32. The lowest BCUT2D eigenvalue weighted by Crippen LogP contribution is -2.47. The number of urea groups is 1. The van der Waals surface area contributed by atoms with Crippen molar-refractivity contribution in [1.82, 2.24) is 15.2 Å². The molecule has 0 unspecified atom stereocenters. The average Bonchev–Trinajstić information content (AvgIpc) is 2.79. The Kier molecular flexibility index (Phi) is 6.43. The summed E-state index contributed by atoms with van der Waals surface area (Å²) in [5.41, 5.74) is 0.114. The normalized spacial score (nSPS) is 18.3. The number of methoxy groups -OCH3 is 1. The van der Waals surface area contributed by atoms with Gasteiger partial charge in [-0.05, 0) is 25.8 Å². The first-order chi connectivity index (χ1) is 11.4. The number of carbonyl (C=O) groups is 1. The number of aliphatic hydroxyl groups is 1.